The highest BCUT2D eigenvalue weighted by Gasteiger charge is 2.04. The van der Waals surface area contributed by atoms with Gasteiger partial charge in [0, 0.05) is 3.57 Å². The lowest BCUT2D eigenvalue weighted by Gasteiger charge is -2.08. The summed E-state index contributed by atoms with van der Waals surface area (Å²) in [5, 5.41) is 2.79. The standard InChI is InChI=1S/C14H15I/c1-2-3-7-13-12-8-5-4-6-11(12)9-10-14(13)15/h4-6,8-10H,2-3,7H2,1H3. The average Bonchev–Trinajstić information content (AvgIpc) is 2.28. The lowest BCUT2D eigenvalue weighted by molar-refractivity contribution is 0.796. The molecule has 0 nitrogen and oxygen atoms in total. The Morgan fingerprint density at radius 1 is 1.07 bits per heavy atom. The first kappa shape index (κ1) is 10.9. The van der Waals surface area contributed by atoms with E-state index in [2.05, 4.69) is 65.9 Å². The highest BCUT2D eigenvalue weighted by Crippen LogP contribution is 2.25. The van der Waals surface area contributed by atoms with Gasteiger partial charge in [0.1, 0.15) is 0 Å². The van der Waals surface area contributed by atoms with E-state index in [1.807, 2.05) is 0 Å². The van der Waals surface area contributed by atoms with Gasteiger partial charge in [0.2, 0.25) is 0 Å². The molecule has 0 amide bonds. The van der Waals surface area contributed by atoms with Crippen molar-refractivity contribution in [1.82, 2.24) is 0 Å². The molecule has 0 radical (unpaired) electrons. The topological polar surface area (TPSA) is 0 Å². The fourth-order valence-corrected chi connectivity index (χ4v) is 2.66. The molecule has 0 aliphatic carbocycles. The molecule has 2 aromatic carbocycles. The van der Waals surface area contributed by atoms with Gasteiger partial charge in [0.15, 0.2) is 0 Å². The Morgan fingerprint density at radius 2 is 1.87 bits per heavy atom. The molecule has 0 aromatic heterocycles. The lowest BCUT2D eigenvalue weighted by atomic mass is 10.0. The van der Waals surface area contributed by atoms with Gasteiger partial charge in [-0.25, -0.2) is 0 Å². The number of hydrogen-bond donors (Lipinski definition) is 0. The third kappa shape index (κ3) is 2.33. The molecule has 0 bridgehead atoms. The maximum Gasteiger partial charge on any atom is 0.0168 e. The van der Waals surface area contributed by atoms with Crippen LogP contribution >= 0.6 is 22.6 Å². The summed E-state index contributed by atoms with van der Waals surface area (Å²) in [5.74, 6) is 0. The highest BCUT2D eigenvalue weighted by molar-refractivity contribution is 14.1. The zero-order chi connectivity index (χ0) is 10.7. The van der Waals surface area contributed by atoms with E-state index >= 15 is 0 Å². The smallest absolute Gasteiger partial charge is 0.0168 e. The molecule has 0 unspecified atom stereocenters. The molecule has 15 heavy (non-hydrogen) atoms. The van der Waals surface area contributed by atoms with Crippen molar-refractivity contribution in [1.29, 1.82) is 0 Å². The van der Waals surface area contributed by atoms with Crippen molar-refractivity contribution in [3.8, 4) is 0 Å². The van der Waals surface area contributed by atoms with Gasteiger partial charge in [-0.2, -0.15) is 0 Å². The minimum Gasteiger partial charge on any atom is -0.0654 e. The van der Waals surface area contributed by atoms with Crippen LogP contribution in [0.2, 0.25) is 0 Å². The molecule has 0 aliphatic heterocycles. The number of hydrogen-bond acceptors (Lipinski definition) is 0. The zero-order valence-electron chi connectivity index (χ0n) is 8.96. The van der Waals surface area contributed by atoms with Gasteiger partial charge in [-0.3, -0.25) is 0 Å². The van der Waals surface area contributed by atoms with Crippen LogP contribution < -0.4 is 0 Å². The second-order valence-corrected chi connectivity index (χ2v) is 5.01. The van der Waals surface area contributed by atoms with Crippen LogP contribution in [0.3, 0.4) is 0 Å². The van der Waals surface area contributed by atoms with Gasteiger partial charge >= 0.3 is 0 Å². The Balaban J connectivity index is 2.53. The molecule has 0 saturated heterocycles. The summed E-state index contributed by atoms with van der Waals surface area (Å²) in [6.07, 6.45) is 3.75. The summed E-state index contributed by atoms with van der Waals surface area (Å²) >= 11 is 2.45. The van der Waals surface area contributed by atoms with Crippen LogP contribution in [0.15, 0.2) is 36.4 Å². The summed E-state index contributed by atoms with van der Waals surface area (Å²) < 4.78 is 1.40. The van der Waals surface area contributed by atoms with Gasteiger partial charge < -0.3 is 0 Å². The first-order valence-electron chi connectivity index (χ1n) is 5.49. The molecule has 2 aromatic rings. The normalized spacial score (nSPS) is 10.8. The van der Waals surface area contributed by atoms with E-state index in [4.69, 9.17) is 0 Å². The SMILES string of the molecule is CCCCc1c(I)ccc2ccccc12. The number of aryl methyl sites for hydroxylation is 1. The Morgan fingerprint density at radius 3 is 2.67 bits per heavy atom. The highest BCUT2D eigenvalue weighted by atomic mass is 127. The third-order valence-electron chi connectivity index (χ3n) is 2.76. The van der Waals surface area contributed by atoms with Crippen LogP contribution in [0, 0.1) is 3.57 Å². The maximum absolute atomic E-state index is 2.45. The molecule has 2 rings (SSSR count). The molecule has 0 spiro atoms. The van der Waals surface area contributed by atoms with Gasteiger partial charge in [-0.15, -0.1) is 0 Å². The second-order valence-electron chi connectivity index (χ2n) is 3.85. The van der Waals surface area contributed by atoms with Gasteiger partial charge in [-0.05, 0) is 57.8 Å². The zero-order valence-corrected chi connectivity index (χ0v) is 11.1. The molecule has 78 valence electrons. The predicted octanol–water partition coefficient (Wildman–Crippen LogP) is 4.79. The number of benzene rings is 2. The van der Waals surface area contributed by atoms with Crippen molar-refractivity contribution >= 4 is 33.4 Å². The quantitative estimate of drug-likeness (QED) is 0.715. The van der Waals surface area contributed by atoms with Crippen LogP contribution in [0.1, 0.15) is 25.3 Å². The lowest BCUT2D eigenvalue weighted by Crippen LogP contribution is -1.91. The minimum absolute atomic E-state index is 1.20. The Kier molecular flexibility index (Phi) is 3.62. The average molecular weight is 310 g/mol. The predicted molar refractivity (Wildman–Crippen MR) is 75.3 cm³/mol. The molecular weight excluding hydrogens is 295 g/mol. The summed E-state index contributed by atoms with van der Waals surface area (Å²) in [7, 11) is 0. The molecule has 0 saturated carbocycles. The summed E-state index contributed by atoms with van der Waals surface area (Å²) in [4.78, 5) is 0. The van der Waals surface area contributed by atoms with Crippen molar-refractivity contribution in [3.05, 3.63) is 45.5 Å². The van der Waals surface area contributed by atoms with E-state index in [1.54, 1.807) is 0 Å². The Bertz CT molecular complexity index is 460. The van der Waals surface area contributed by atoms with Gasteiger partial charge in [0.25, 0.3) is 0 Å². The Labute approximate surface area is 105 Å². The van der Waals surface area contributed by atoms with Gasteiger partial charge in [0.05, 0.1) is 0 Å². The van der Waals surface area contributed by atoms with Crippen LogP contribution in [0.4, 0.5) is 0 Å². The summed E-state index contributed by atoms with van der Waals surface area (Å²) in [6, 6.07) is 13.1. The van der Waals surface area contributed by atoms with Crippen molar-refractivity contribution in [3.63, 3.8) is 0 Å². The van der Waals surface area contributed by atoms with Crippen molar-refractivity contribution in [2.45, 2.75) is 26.2 Å². The van der Waals surface area contributed by atoms with E-state index in [-0.39, 0.29) is 0 Å². The Hall–Kier alpha value is -0.570. The third-order valence-corrected chi connectivity index (χ3v) is 3.77. The molecule has 0 atom stereocenters. The number of rotatable bonds is 3. The maximum atomic E-state index is 2.45. The summed E-state index contributed by atoms with van der Waals surface area (Å²) in [5.41, 5.74) is 1.52. The first-order valence-corrected chi connectivity index (χ1v) is 6.57. The van der Waals surface area contributed by atoms with E-state index in [1.165, 1.54) is 39.2 Å². The van der Waals surface area contributed by atoms with Crippen molar-refractivity contribution in [2.24, 2.45) is 0 Å². The van der Waals surface area contributed by atoms with Gasteiger partial charge in [-0.1, -0.05) is 43.7 Å². The minimum atomic E-state index is 1.20. The van der Waals surface area contributed by atoms with Crippen LogP contribution in [0.25, 0.3) is 10.8 Å². The molecule has 0 N–H and O–H groups in total. The first-order chi connectivity index (χ1) is 7.33. The molecule has 0 heterocycles. The molecular formula is C14H15I. The number of fused-ring (bicyclic) bond motifs is 1. The monoisotopic (exact) mass is 310 g/mol. The van der Waals surface area contributed by atoms with E-state index < -0.39 is 0 Å². The number of unbranched alkanes of at least 4 members (excludes halogenated alkanes) is 1. The largest absolute Gasteiger partial charge is 0.0654 e. The van der Waals surface area contributed by atoms with Crippen LogP contribution in [0.5, 0.6) is 0 Å². The van der Waals surface area contributed by atoms with Crippen LogP contribution in [-0.2, 0) is 6.42 Å². The summed E-state index contributed by atoms with van der Waals surface area (Å²) in [6.45, 7) is 2.25. The van der Waals surface area contributed by atoms with E-state index in [9.17, 15) is 0 Å². The fourth-order valence-electron chi connectivity index (χ4n) is 1.92. The molecule has 1 heteroatoms. The van der Waals surface area contributed by atoms with E-state index in [0.29, 0.717) is 0 Å². The molecule has 0 fully saturated rings. The van der Waals surface area contributed by atoms with Crippen molar-refractivity contribution < 1.29 is 0 Å². The van der Waals surface area contributed by atoms with Crippen LogP contribution in [-0.4, -0.2) is 0 Å². The molecule has 0 aliphatic rings. The second kappa shape index (κ2) is 4.97. The number of halogens is 1. The van der Waals surface area contributed by atoms with E-state index in [0.717, 1.165) is 0 Å². The van der Waals surface area contributed by atoms with Crippen molar-refractivity contribution in [2.75, 3.05) is 0 Å². The fraction of sp³-hybridized carbons (Fsp3) is 0.286.